The van der Waals surface area contributed by atoms with Gasteiger partial charge in [0.25, 0.3) is 0 Å². The second-order valence-electron chi connectivity index (χ2n) is 18.0. The lowest BCUT2D eigenvalue weighted by atomic mass is 9.34. The van der Waals surface area contributed by atoms with E-state index in [2.05, 4.69) is 55.4 Å². The summed E-state index contributed by atoms with van der Waals surface area (Å²) in [7, 11) is 0. The molecule has 1 heterocycles. The summed E-state index contributed by atoms with van der Waals surface area (Å²) in [6.07, 6.45) is 4.77. The van der Waals surface area contributed by atoms with Crippen molar-refractivity contribution >= 4 is 17.7 Å². The molecule has 4 fully saturated rings. The molecule has 0 radical (unpaired) electrons. The monoisotopic (exact) mass is 643 g/mol. The van der Waals surface area contributed by atoms with Gasteiger partial charge in [-0.15, -0.1) is 0 Å². The van der Waals surface area contributed by atoms with Crippen LogP contribution in [0.1, 0.15) is 108 Å². The number of nitrogens with two attached hydrogens (primary N) is 1. The van der Waals surface area contributed by atoms with Crippen molar-refractivity contribution in [2.45, 2.75) is 126 Å². The quantitative estimate of drug-likeness (QED) is 0.290. The zero-order valence-electron chi connectivity index (χ0n) is 30.3. The van der Waals surface area contributed by atoms with E-state index in [9.17, 15) is 19.5 Å². The molecule has 0 amide bonds. The van der Waals surface area contributed by atoms with Crippen molar-refractivity contribution in [1.82, 2.24) is 0 Å². The number of ether oxygens (including phenoxy) is 3. The SMILES string of the molecule is CC(=O)O[C@@H]1C[C@]23COC[C@](C)([C@@H]2CC[C@H]2C3=CC(=O)[C@@]3(C)[C@H](C(=O)O)[C@@](C)([C@H](C)C(C)C)CC[C@]23C)[C@H]1OC[C@](C)(N)C(C)C. The van der Waals surface area contributed by atoms with E-state index in [4.69, 9.17) is 19.9 Å². The molecule has 5 aliphatic rings. The standard InChI is InChI=1S/C38H61NO7/c1-21(2)23(5)33(7)14-15-35(9)25-12-13-28-34(8)18-44-20-38(28,26(25)16-29(41)37(35,11)30(33)32(42)43)17-27(46-24(6)40)31(34)45-19-36(10,39)22(3)4/h16,21-23,25,27-28,30-31H,12-15,17-20,39H2,1-11H3,(H,42,43)/t23-,25+,27-,28+,30-,31+,33-,34-,35-,36+,37+,38-/m1/s1. The van der Waals surface area contributed by atoms with Crippen LogP contribution in [0.15, 0.2) is 11.6 Å². The van der Waals surface area contributed by atoms with Gasteiger partial charge in [-0.25, -0.2) is 0 Å². The van der Waals surface area contributed by atoms with E-state index in [1.54, 1.807) is 0 Å². The average Bonchev–Trinajstić information content (AvgIpc) is 2.93. The zero-order valence-corrected chi connectivity index (χ0v) is 30.3. The van der Waals surface area contributed by atoms with Crippen molar-refractivity contribution in [2.75, 3.05) is 19.8 Å². The number of carbonyl (C=O) groups excluding carboxylic acids is 2. The Balaban J connectivity index is 1.62. The first kappa shape index (κ1) is 35.5. The number of carboxylic acids is 1. The first-order chi connectivity index (χ1) is 21.1. The van der Waals surface area contributed by atoms with Gasteiger partial charge in [-0.1, -0.05) is 67.9 Å². The van der Waals surface area contributed by atoms with Crippen LogP contribution in [0.3, 0.4) is 0 Å². The molecule has 0 spiro atoms. The van der Waals surface area contributed by atoms with E-state index in [0.717, 1.165) is 31.3 Å². The van der Waals surface area contributed by atoms with E-state index in [0.29, 0.717) is 32.2 Å². The number of hydrogen-bond acceptors (Lipinski definition) is 7. The lowest BCUT2D eigenvalue weighted by Crippen LogP contribution is -2.71. The Labute approximate surface area is 276 Å². The van der Waals surface area contributed by atoms with Crippen LogP contribution >= 0.6 is 0 Å². The van der Waals surface area contributed by atoms with Crippen molar-refractivity contribution < 1.29 is 33.7 Å². The first-order valence-electron chi connectivity index (χ1n) is 17.8. The maximum atomic E-state index is 14.8. The number of ketones is 1. The van der Waals surface area contributed by atoms with Crippen molar-refractivity contribution in [3.8, 4) is 0 Å². The summed E-state index contributed by atoms with van der Waals surface area (Å²) in [5.41, 5.74) is 4.10. The molecule has 1 saturated heterocycles. The Bertz CT molecular complexity index is 1290. The van der Waals surface area contributed by atoms with Crippen LogP contribution in [-0.2, 0) is 28.6 Å². The molecule has 8 heteroatoms. The van der Waals surface area contributed by atoms with Crippen LogP contribution in [0.25, 0.3) is 0 Å². The van der Waals surface area contributed by atoms with Crippen LogP contribution < -0.4 is 5.73 Å². The van der Waals surface area contributed by atoms with Gasteiger partial charge in [0.1, 0.15) is 12.2 Å². The molecule has 4 aliphatic carbocycles. The first-order valence-corrected chi connectivity index (χ1v) is 17.8. The van der Waals surface area contributed by atoms with Crippen LogP contribution in [0, 0.1) is 62.6 Å². The number of rotatable bonds is 8. The number of aliphatic carboxylic acids is 1. The van der Waals surface area contributed by atoms with Gasteiger partial charge in [-0.2, -0.15) is 0 Å². The Kier molecular flexibility index (Phi) is 8.81. The second-order valence-corrected chi connectivity index (χ2v) is 18.0. The van der Waals surface area contributed by atoms with E-state index in [-0.39, 0.29) is 35.4 Å². The molecule has 2 bridgehead atoms. The molecule has 0 unspecified atom stereocenters. The smallest absolute Gasteiger partial charge is 0.308 e. The van der Waals surface area contributed by atoms with Gasteiger partial charge in [0.2, 0.25) is 0 Å². The van der Waals surface area contributed by atoms with Gasteiger partial charge in [0.05, 0.1) is 25.7 Å². The molecular weight excluding hydrogens is 582 g/mol. The average molecular weight is 644 g/mol. The number of hydrogen-bond donors (Lipinski definition) is 2. The largest absolute Gasteiger partial charge is 0.481 e. The number of carbonyl (C=O) groups is 3. The highest BCUT2D eigenvalue weighted by atomic mass is 16.6. The Morgan fingerprint density at radius 2 is 1.74 bits per heavy atom. The summed E-state index contributed by atoms with van der Waals surface area (Å²) in [6.45, 7) is 23.8. The minimum absolute atomic E-state index is 0.0295. The molecule has 0 aromatic heterocycles. The zero-order chi connectivity index (χ0) is 34.4. The van der Waals surface area contributed by atoms with E-state index in [1.165, 1.54) is 6.92 Å². The molecule has 0 aromatic carbocycles. The highest BCUT2D eigenvalue weighted by molar-refractivity contribution is 6.00. The Hall–Kier alpha value is -1.77. The van der Waals surface area contributed by atoms with Crippen LogP contribution in [-0.4, -0.2) is 60.4 Å². The number of fused-ring (bicyclic) bond motifs is 3. The third kappa shape index (κ3) is 4.80. The molecule has 5 rings (SSSR count). The van der Waals surface area contributed by atoms with Gasteiger partial charge < -0.3 is 25.1 Å². The van der Waals surface area contributed by atoms with E-state index < -0.39 is 56.7 Å². The highest BCUT2D eigenvalue weighted by Gasteiger charge is 2.74. The molecule has 260 valence electrons. The second kappa shape index (κ2) is 11.4. The molecule has 0 aromatic rings. The van der Waals surface area contributed by atoms with Crippen LogP contribution in [0.2, 0.25) is 0 Å². The summed E-state index contributed by atoms with van der Waals surface area (Å²) >= 11 is 0. The molecule has 8 nitrogen and oxygen atoms in total. The minimum Gasteiger partial charge on any atom is -0.481 e. The molecular formula is C38H61NO7. The van der Waals surface area contributed by atoms with Gasteiger partial charge in [-0.3, -0.25) is 14.4 Å². The number of esters is 1. The lowest BCUT2D eigenvalue weighted by Gasteiger charge is -2.70. The Morgan fingerprint density at radius 1 is 1.09 bits per heavy atom. The molecule has 3 N–H and O–H groups in total. The third-order valence-corrected chi connectivity index (χ3v) is 15.2. The topological polar surface area (TPSA) is 125 Å². The van der Waals surface area contributed by atoms with Crippen LogP contribution in [0.5, 0.6) is 0 Å². The van der Waals surface area contributed by atoms with Crippen LogP contribution in [0.4, 0.5) is 0 Å². The summed E-state index contributed by atoms with van der Waals surface area (Å²) in [5, 5.41) is 10.9. The summed E-state index contributed by atoms with van der Waals surface area (Å²) < 4.78 is 19.3. The number of allylic oxidation sites excluding steroid dienone is 1. The van der Waals surface area contributed by atoms with Crippen molar-refractivity contribution in [1.29, 1.82) is 0 Å². The molecule has 1 aliphatic heterocycles. The fourth-order valence-corrected chi connectivity index (χ4v) is 11.4. The third-order valence-electron chi connectivity index (χ3n) is 15.2. The maximum absolute atomic E-state index is 14.8. The predicted molar refractivity (Wildman–Crippen MR) is 177 cm³/mol. The van der Waals surface area contributed by atoms with Gasteiger partial charge >= 0.3 is 11.9 Å². The summed E-state index contributed by atoms with van der Waals surface area (Å²) in [6, 6.07) is 0. The fourth-order valence-electron chi connectivity index (χ4n) is 11.4. The van der Waals surface area contributed by atoms with Gasteiger partial charge in [-0.05, 0) is 85.5 Å². The predicted octanol–water partition coefficient (Wildman–Crippen LogP) is 6.44. The molecule has 46 heavy (non-hydrogen) atoms. The molecule has 12 atom stereocenters. The fraction of sp³-hybridized carbons (Fsp3) is 0.868. The van der Waals surface area contributed by atoms with Gasteiger partial charge in [0, 0.05) is 28.7 Å². The van der Waals surface area contributed by atoms with Crippen molar-refractivity contribution in [3.63, 3.8) is 0 Å². The normalized spacial score (nSPS) is 45.6. The van der Waals surface area contributed by atoms with E-state index in [1.807, 2.05) is 19.9 Å². The van der Waals surface area contributed by atoms with Crippen molar-refractivity contribution in [3.05, 3.63) is 11.6 Å². The highest BCUT2D eigenvalue weighted by Crippen LogP contribution is 2.74. The lowest BCUT2D eigenvalue weighted by molar-refractivity contribution is -0.268. The number of carboxylic acid groups (broad SMARTS) is 1. The van der Waals surface area contributed by atoms with E-state index >= 15 is 0 Å². The molecule has 3 saturated carbocycles. The van der Waals surface area contributed by atoms with Gasteiger partial charge in [0.15, 0.2) is 5.78 Å². The minimum atomic E-state index is -1.05. The summed E-state index contributed by atoms with van der Waals surface area (Å²) in [5.74, 6) is -1.28. The van der Waals surface area contributed by atoms with Crippen molar-refractivity contribution in [2.24, 2.45) is 68.3 Å². The Morgan fingerprint density at radius 3 is 2.30 bits per heavy atom. The summed E-state index contributed by atoms with van der Waals surface area (Å²) in [4.78, 5) is 40.7. The maximum Gasteiger partial charge on any atom is 0.308 e.